The first-order valence-corrected chi connectivity index (χ1v) is 10.9. The summed E-state index contributed by atoms with van der Waals surface area (Å²) in [5.74, 6) is -0.0861. The Morgan fingerprint density at radius 1 is 1.00 bits per heavy atom. The number of carbonyl (C=O) groups excluding carboxylic acids is 1. The number of para-hydroxylation sites is 1. The molecular formula is C21H27N3O3S. The maximum atomic E-state index is 13.0. The van der Waals surface area contributed by atoms with Gasteiger partial charge in [0.2, 0.25) is 15.9 Å². The standard InChI is InChI=1S/C21H27N3O3S/c1-16-9-10-17(2)20(15-16)28(26,27)24-13-11-23(12-14-24)18(3)21(25)22-19-7-5-4-6-8-19/h4-10,15,18H,11-14H2,1-3H3,(H,22,25)/t18-/m1/s1. The van der Waals surface area contributed by atoms with Crippen molar-refractivity contribution in [2.24, 2.45) is 0 Å². The van der Waals surface area contributed by atoms with E-state index in [0.717, 1.165) is 16.8 Å². The first kappa shape index (κ1) is 20.5. The average Bonchev–Trinajstić information content (AvgIpc) is 2.70. The number of amides is 1. The summed E-state index contributed by atoms with van der Waals surface area (Å²) < 4.78 is 27.6. The van der Waals surface area contributed by atoms with E-state index in [0.29, 0.717) is 31.1 Å². The Balaban J connectivity index is 1.63. The van der Waals surface area contributed by atoms with E-state index in [-0.39, 0.29) is 11.9 Å². The lowest BCUT2D eigenvalue weighted by atomic mass is 10.2. The van der Waals surface area contributed by atoms with Crippen molar-refractivity contribution < 1.29 is 13.2 Å². The summed E-state index contributed by atoms with van der Waals surface area (Å²) in [5.41, 5.74) is 2.44. The lowest BCUT2D eigenvalue weighted by molar-refractivity contribution is -0.121. The Morgan fingerprint density at radius 3 is 2.29 bits per heavy atom. The van der Waals surface area contributed by atoms with Crippen LogP contribution in [0, 0.1) is 13.8 Å². The molecule has 1 saturated heterocycles. The van der Waals surface area contributed by atoms with Gasteiger partial charge in [0.1, 0.15) is 0 Å². The van der Waals surface area contributed by atoms with Crippen LogP contribution in [0.5, 0.6) is 0 Å². The minimum atomic E-state index is -3.53. The van der Waals surface area contributed by atoms with Gasteiger partial charge in [0.15, 0.2) is 0 Å². The molecule has 1 fully saturated rings. The van der Waals surface area contributed by atoms with Crippen molar-refractivity contribution in [2.75, 3.05) is 31.5 Å². The van der Waals surface area contributed by atoms with Gasteiger partial charge in [0, 0.05) is 31.9 Å². The van der Waals surface area contributed by atoms with Crippen molar-refractivity contribution in [3.63, 3.8) is 0 Å². The maximum absolute atomic E-state index is 13.0. The Hall–Kier alpha value is -2.22. The molecule has 0 spiro atoms. The van der Waals surface area contributed by atoms with Gasteiger partial charge in [-0.3, -0.25) is 9.69 Å². The number of piperazine rings is 1. The summed E-state index contributed by atoms with van der Waals surface area (Å²) in [6.07, 6.45) is 0. The van der Waals surface area contributed by atoms with Gasteiger partial charge < -0.3 is 5.32 Å². The molecule has 0 saturated carbocycles. The van der Waals surface area contributed by atoms with Crippen molar-refractivity contribution in [3.8, 4) is 0 Å². The normalized spacial score (nSPS) is 17.2. The number of aryl methyl sites for hydroxylation is 2. The fourth-order valence-electron chi connectivity index (χ4n) is 3.39. The average molecular weight is 402 g/mol. The Labute approximate surface area is 167 Å². The minimum absolute atomic E-state index is 0.0861. The van der Waals surface area contributed by atoms with Crippen LogP contribution in [0.2, 0.25) is 0 Å². The number of hydrogen-bond acceptors (Lipinski definition) is 4. The highest BCUT2D eigenvalue weighted by molar-refractivity contribution is 7.89. The van der Waals surface area contributed by atoms with Crippen LogP contribution in [0.3, 0.4) is 0 Å². The third-order valence-electron chi connectivity index (χ3n) is 5.20. The molecule has 2 aromatic carbocycles. The van der Waals surface area contributed by atoms with Crippen LogP contribution < -0.4 is 5.32 Å². The highest BCUT2D eigenvalue weighted by Gasteiger charge is 2.32. The fraction of sp³-hybridized carbons (Fsp3) is 0.381. The van der Waals surface area contributed by atoms with Gasteiger partial charge in [0.25, 0.3) is 0 Å². The van der Waals surface area contributed by atoms with Crippen LogP contribution in [-0.4, -0.2) is 55.8 Å². The largest absolute Gasteiger partial charge is 0.325 e. The Kier molecular flexibility index (Phi) is 6.17. The van der Waals surface area contributed by atoms with Gasteiger partial charge in [0.05, 0.1) is 10.9 Å². The van der Waals surface area contributed by atoms with Crippen molar-refractivity contribution in [1.29, 1.82) is 0 Å². The molecule has 7 heteroatoms. The van der Waals surface area contributed by atoms with Gasteiger partial charge >= 0.3 is 0 Å². The van der Waals surface area contributed by atoms with Crippen LogP contribution in [0.4, 0.5) is 5.69 Å². The summed E-state index contributed by atoms with van der Waals surface area (Å²) in [6, 6.07) is 14.5. The molecule has 6 nitrogen and oxygen atoms in total. The second-order valence-electron chi connectivity index (χ2n) is 7.24. The molecule has 2 aromatic rings. The van der Waals surface area contributed by atoms with Crippen LogP contribution >= 0.6 is 0 Å². The number of sulfonamides is 1. The van der Waals surface area contributed by atoms with Crippen molar-refractivity contribution in [1.82, 2.24) is 9.21 Å². The molecule has 28 heavy (non-hydrogen) atoms. The molecule has 0 bridgehead atoms. The lowest BCUT2D eigenvalue weighted by Gasteiger charge is -2.37. The smallest absolute Gasteiger partial charge is 0.243 e. The summed E-state index contributed by atoms with van der Waals surface area (Å²) in [7, 11) is -3.53. The van der Waals surface area contributed by atoms with E-state index in [1.54, 1.807) is 6.07 Å². The highest BCUT2D eigenvalue weighted by atomic mass is 32.2. The van der Waals surface area contributed by atoms with Gasteiger partial charge in [-0.2, -0.15) is 4.31 Å². The molecule has 1 atom stereocenters. The third-order valence-corrected chi connectivity index (χ3v) is 7.24. The molecule has 0 unspecified atom stereocenters. The molecule has 1 amide bonds. The molecule has 0 aliphatic carbocycles. The van der Waals surface area contributed by atoms with Crippen molar-refractivity contribution in [3.05, 3.63) is 59.7 Å². The maximum Gasteiger partial charge on any atom is 0.243 e. The van der Waals surface area contributed by atoms with E-state index >= 15 is 0 Å². The van der Waals surface area contributed by atoms with Crippen LogP contribution in [0.25, 0.3) is 0 Å². The predicted molar refractivity (Wildman–Crippen MR) is 111 cm³/mol. The predicted octanol–water partition coefficient (Wildman–Crippen LogP) is 2.64. The van der Waals surface area contributed by atoms with Gasteiger partial charge in [-0.1, -0.05) is 30.3 Å². The molecule has 3 rings (SSSR count). The molecule has 150 valence electrons. The highest BCUT2D eigenvalue weighted by Crippen LogP contribution is 2.23. The molecule has 0 radical (unpaired) electrons. The van der Waals surface area contributed by atoms with E-state index in [9.17, 15) is 13.2 Å². The molecule has 0 aromatic heterocycles. The Bertz CT molecular complexity index is 937. The minimum Gasteiger partial charge on any atom is -0.325 e. The lowest BCUT2D eigenvalue weighted by Crippen LogP contribution is -2.54. The first-order chi connectivity index (χ1) is 13.3. The molecule has 1 aliphatic heterocycles. The van der Waals surface area contributed by atoms with Crippen molar-refractivity contribution >= 4 is 21.6 Å². The number of carbonyl (C=O) groups is 1. The summed E-state index contributed by atoms with van der Waals surface area (Å²) in [4.78, 5) is 14.9. The van der Waals surface area contributed by atoms with Gasteiger partial charge in [-0.15, -0.1) is 0 Å². The van der Waals surface area contributed by atoms with Crippen molar-refractivity contribution in [2.45, 2.75) is 31.7 Å². The monoisotopic (exact) mass is 401 g/mol. The number of rotatable bonds is 5. The van der Waals surface area contributed by atoms with E-state index in [1.807, 2.05) is 68.1 Å². The van der Waals surface area contributed by atoms with E-state index in [4.69, 9.17) is 0 Å². The van der Waals surface area contributed by atoms with E-state index in [1.165, 1.54) is 4.31 Å². The number of hydrogen-bond donors (Lipinski definition) is 1. The van der Waals surface area contributed by atoms with Gasteiger partial charge in [-0.25, -0.2) is 8.42 Å². The van der Waals surface area contributed by atoms with Gasteiger partial charge in [-0.05, 0) is 50.1 Å². The number of benzene rings is 2. The SMILES string of the molecule is Cc1ccc(C)c(S(=O)(=O)N2CCN([C@H](C)C(=O)Nc3ccccc3)CC2)c1. The molecular weight excluding hydrogens is 374 g/mol. The summed E-state index contributed by atoms with van der Waals surface area (Å²) in [5, 5.41) is 2.91. The zero-order valence-corrected chi connectivity index (χ0v) is 17.4. The molecule has 1 aliphatic rings. The second kappa shape index (κ2) is 8.43. The quantitative estimate of drug-likeness (QED) is 0.836. The Morgan fingerprint density at radius 2 is 1.64 bits per heavy atom. The third kappa shape index (κ3) is 4.43. The molecule has 1 N–H and O–H groups in total. The topological polar surface area (TPSA) is 69.7 Å². The number of nitrogens with zero attached hydrogens (tertiary/aromatic N) is 2. The van der Waals surface area contributed by atoms with Crippen LogP contribution in [0.1, 0.15) is 18.1 Å². The molecule has 1 heterocycles. The van der Waals surface area contributed by atoms with Crippen LogP contribution in [-0.2, 0) is 14.8 Å². The number of anilines is 1. The fourth-order valence-corrected chi connectivity index (χ4v) is 5.12. The summed E-state index contributed by atoms with van der Waals surface area (Å²) >= 11 is 0. The summed E-state index contributed by atoms with van der Waals surface area (Å²) in [6.45, 7) is 7.35. The second-order valence-corrected chi connectivity index (χ2v) is 9.15. The zero-order chi connectivity index (χ0) is 20.3. The zero-order valence-electron chi connectivity index (χ0n) is 16.6. The van der Waals surface area contributed by atoms with Crippen LogP contribution in [0.15, 0.2) is 53.4 Å². The number of nitrogens with one attached hydrogen (secondary N) is 1. The van der Waals surface area contributed by atoms with E-state index in [2.05, 4.69) is 5.32 Å². The first-order valence-electron chi connectivity index (χ1n) is 9.46. The van der Waals surface area contributed by atoms with E-state index < -0.39 is 10.0 Å².